The Labute approximate surface area is 126 Å². The van der Waals surface area contributed by atoms with E-state index in [2.05, 4.69) is 30.7 Å². The number of aliphatic hydroxyl groups excluding tert-OH is 1. The number of hydrogen-bond donors (Lipinski definition) is 2. The van der Waals surface area contributed by atoms with Gasteiger partial charge in [0.05, 0.1) is 11.6 Å². The normalized spacial score (nSPS) is 10.8. The van der Waals surface area contributed by atoms with E-state index in [1.54, 1.807) is 6.08 Å². The maximum Gasteiger partial charge on any atom is 0.147 e. The summed E-state index contributed by atoms with van der Waals surface area (Å²) >= 11 is 6.29. The zero-order valence-electron chi connectivity index (χ0n) is 12.3. The predicted molar refractivity (Wildman–Crippen MR) is 85.3 cm³/mol. The van der Waals surface area contributed by atoms with Crippen molar-refractivity contribution in [1.29, 1.82) is 0 Å². The molecule has 2 N–H and O–H groups in total. The first-order chi connectivity index (χ1) is 9.58. The molecule has 1 aromatic heterocycles. The first-order valence-corrected chi connectivity index (χ1v) is 7.28. The van der Waals surface area contributed by atoms with E-state index in [-0.39, 0.29) is 6.61 Å². The van der Waals surface area contributed by atoms with E-state index in [9.17, 15) is 0 Å². The molecule has 0 unspecified atom stereocenters. The van der Waals surface area contributed by atoms with Gasteiger partial charge in [0.15, 0.2) is 0 Å². The van der Waals surface area contributed by atoms with Crippen molar-refractivity contribution in [2.75, 3.05) is 31.1 Å². The van der Waals surface area contributed by atoms with E-state index in [1.165, 1.54) is 0 Å². The lowest BCUT2D eigenvalue weighted by atomic mass is 10.2. The molecule has 0 aliphatic carbocycles. The molecular formula is C15H24ClN3O. The summed E-state index contributed by atoms with van der Waals surface area (Å²) in [4.78, 5) is 6.31. The van der Waals surface area contributed by atoms with Crippen LogP contribution < -0.4 is 10.2 Å². The van der Waals surface area contributed by atoms with Gasteiger partial charge in [-0.2, -0.15) is 0 Å². The standard InChI is InChI=1S/C15H24ClN3O/c1-4-5-19(6-7-20)15-14(16)8-13(11-18-15)10-17-9-12(2)3/h4,8,11-12,17,20H,1,5-7,9-10H2,2-3H3. The van der Waals surface area contributed by atoms with Crippen molar-refractivity contribution in [2.24, 2.45) is 5.92 Å². The van der Waals surface area contributed by atoms with Crippen LogP contribution in [0.3, 0.4) is 0 Å². The summed E-state index contributed by atoms with van der Waals surface area (Å²) in [6.07, 6.45) is 3.59. The lowest BCUT2D eigenvalue weighted by molar-refractivity contribution is 0.302. The Morgan fingerprint density at radius 3 is 2.85 bits per heavy atom. The number of aromatic nitrogens is 1. The molecule has 0 saturated carbocycles. The molecule has 0 aromatic carbocycles. The molecule has 0 amide bonds. The maximum absolute atomic E-state index is 9.08. The van der Waals surface area contributed by atoms with E-state index in [1.807, 2.05) is 17.2 Å². The van der Waals surface area contributed by atoms with Crippen molar-refractivity contribution in [2.45, 2.75) is 20.4 Å². The zero-order chi connectivity index (χ0) is 15.0. The van der Waals surface area contributed by atoms with Gasteiger partial charge in [0.1, 0.15) is 5.82 Å². The first kappa shape index (κ1) is 17.0. The van der Waals surface area contributed by atoms with Crippen LogP contribution in [0.4, 0.5) is 5.82 Å². The first-order valence-electron chi connectivity index (χ1n) is 6.90. The van der Waals surface area contributed by atoms with Crippen LogP contribution >= 0.6 is 11.6 Å². The van der Waals surface area contributed by atoms with Crippen LogP contribution in [-0.2, 0) is 6.54 Å². The third kappa shape index (κ3) is 5.49. The molecule has 5 heteroatoms. The third-order valence-electron chi connectivity index (χ3n) is 2.78. The number of pyridine rings is 1. The van der Waals surface area contributed by atoms with Gasteiger partial charge in [-0.15, -0.1) is 6.58 Å². The van der Waals surface area contributed by atoms with Crippen LogP contribution in [0.25, 0.3) is 0 Å². The van der Waals surface area contributed by atoms with Gasteiger partial charge in [-0.05, 0) is 24.1 Å². The molecule has 1 aromatic rings. The molecule has 0 atom stereocenters. The summed E-state index contributed by atoms with van der Waals surface area (Å²) in [5.41, 5.74) is 1.06. The Balaban J connectivity index is 2.72. The Morgan fingerprint density at radius 2 is 2.30 bits per heavy atom. The largest absolute Gasteiger partial charge is 0.395 e. The lowest BCUT2D eigenvalue weighted by Crippen LogP contribution is -2.28. The van der Waals surface area contributed by atoms with E-state index < -0.39 is 0 Å². The van der Waals surface area contributed by atoms with Gasteiger partial charge in [0, 0.05) is 25.8 Å². The van der Waals surface area contributed by atoms with Crippen LogP contribution in [0.5, 0.6) is 0 Å². The number of nitrogens with zero attached hydrogens (tertiary/aromatic N) is 2. The SMILES string of the molecule is C=CCN(CCO)c1ncc(CNCC(C)C)cc1Cl. The van der Waals surface area contributed by atoms with E-state index in [4.69, 9.17) is 16.7 Å². The molecule has 20 heavy (non-hydrogen) atoms. The summed E-state index contributed by atoms with van der Waals surface area (Å²) in [5.74, 6) is 1.30. The van der Waals surface area contributed by atoms with Crippen molar-refractivity contribution in [3.05, 3.63) is 35.5 Å². The molecule has 0 aliphatic heterocycles. The molecule has 1 rings (SSSR count). The van der Waals surface area contributed by atoms with Gasteiger partial charge in [-0.1, -0.05) is 31.5 Å². The van der Waals surface area contributed by atoms with Gasteiger partial charge in [0.2, 0.25) is 0 Å². The van der Waals surface area contributed by atoms with Crippen LogP contribution in [0.2, 0.25) is 5.02 Å². The number of halogens is 1. The summed E-state index contributed by atoms with van der Waals surface area (Å²) < 4.78 is 0. The number of hydrogen-bond acceptors (Lipinski definition) is 4. The molecule has 4 nitrogen and oxygen atoms in total. The molecular weight excluding hydrogens is 274 g/mol. The minimum atomic E-state index is 0.0591. The van der Waals surface area contributed by atoms with Crippen LogP contribution in [0.1, 0.15) is 19.4 Å². The number of rotatable bonds is 9. The Kier molecular flexibility index (Phi) is 7.59. The molecule has 0 aliphatic rings. The van der Waals surface area contributed by atoms with Crippen molar-refractivity contribution in [1.82, 2.24) is 10.3 Å². The Morgan fingerprint density at radius 1 is 1.55 bits per heavy atom. The highest BCUT2D eigenvalue weighted by Gasteiger charge is 2.11. The van der Waals surface area contributed by atoms with Gasteiger partial charge < -0.3 is 15.3 Å². The highest BCUT2D eigenvalue weighted by molar-refractivity contribution is 6.33. The fraction of sp³-hybridized carbons (Fsp3) is 0.533. The van der Waals surface area contributed by atoms with Crippen molar-refractivity contribution < 1.29 is 5.11 Å². The van der Waals surface area contributed by atoms with Gasteiger partial charge in [0.25, 0.3) is 0 Å². The average Bonchev–Trinajstić information content (AvgIpc) is 2.38. The minimum Gasteiger partial charge on any atom is -0.395 e. The zero-order valence-corrected chi connectivity index (χ0v) is 13.0. The van der Waals surface area contributed by atoms with Crippen molar-refractivity contribution in [3.63, 3.8) is 0 Å². The minimum absolute atomic E-state index is 0.0591. The second-order valence-electron chi connectivity index (χ2n) is 5.13. The van der Waals surface area contributed by atoms with Gasteiger partial charge in [-0.25, -0.2) is 4.98 Å². The van der Waals surface area contributed by atoms with Crippen LogP contribution in [-0.4, -0.2) is 36.3 Å². The third-order valence-corrected chi connectivity index (χ3v) is 3.06. The number of aliphatic hydroxyl groups is 1. The second kappa shape index (κ2) is 8.95. The summed E-state index contributed by atoms with van der Waals surface area (Å²) in [6, 6.07) is 1.92. The quantitative estimate of drug-likeness (QED) is 0.688. The Bertz CT molecular complexity index is 424. The molecule has 112 valence electrons. The maximum atomic E-state index is 9.08. The molecule has 0 saturated heterocycles. The highest BCUT2D eigenvalue weighted by Crippen LogP contribution is 2.24. The average molecular weight is 298 g/mol. The van der Waals surface area contributed by atoms with Crippen molar-refractivity contribution in [3.8, 4) is 0 Å². The van der Waals surface area contributed by atoms with Gasteiger partial charge >= 0.3 is 0 Å². The van der Waals surface area contributed by atoms with E-state index in [0.717, 1.165) is 18.7 Å². The fourth-order valence-electron chi connectivity index (χ4n) is 1.87. The number of anilines is 1. The van der Waals surface area contributed by atoms with E-state index >= 15 is 0 Å². The monoisotopic (exact) mass is 297 g/mol. The molecule has 0 spiro atoms. The van der Waals surface area contributed by atoms with Crippen LogP contribution in [0, 0.1) is 5.92 Å². The Hall–Kier alpha value is -1.10. The summed E-state index contributed by atoms with van der Waals surface area (Å²) in [5, 5.41) is 13.0. The van der Waals surface area contributed by atoms with Gasteiger partial charge in [-0.3, -0.25) is 0 Å². The van der Waals surface area contributed by atoms with Crippen molar-refractivity contribution >= 4 is 17.4 Å². The van der Waals surface area contributed by atoms with Crippen LogP contribution in [0.15, 0.2) is 24.9 Å². The topological polar surface area (TPSA) is 48.4 Å². The molecule has 0 radical (unpaired) electrons. The molecule has 1 heterocycles. The lowest BCUT2D eigenvalue weighted by Gasteiger charge is -2.22. The molecule has 0 fully saturated rings. The smallest absolute Gasteiger partial charge is 0.147 e. The van der Waals surface area contributed by atoms with E-state index in [0.29, 0.717) is 29.8 Å². The highest BCUT2D eigenvalue weighted by atomic mass is 35.5. The summed E-state index contributed by atoms with van der Waals surface area (Å²) in [6.45, 7) is 10.9. The predicted octanol–water partition coefficient (Wildman–Crippen LogP) is 2.47. The number of nitrogens with one attached hydrogen (secondary N) is 1. The second-order valence-corrected chi connectivity index (χ2v) is 5.54. The summed E-state index contributed by atoms with van der Waals surface area (Å²) in [7, 11) is 0. The fourth-order valence-corrected chi connectivity index (χ4v) is 2.17. The molecule has 0 bridgehead atoms.